The Kier molecular flexibility index (Phi) is 4.35. The molecule has 0 aliphatic heterocycles. The van der Waals surface area contributed by atoms with Gasteiger partial charge in [0.1, 0.15) is 11.9 Å². The van der Waals surface area contributed by atoms with Crippen molar-refractivity contribution >= 4 is 11.7 Å². The van der Waals surface area contributed by atoms with Crippen molar-refractivity contribution in [1.29, 1.82) is 5.26 Å². The number of hydrogen-bond donors (Lipinski definition) is 2. The first-order valence-electron chi connectivity index (χ1n) is 6.68. The number of nitrogens with zero attached hydrogens (tertiary/aromatic N) is 2. The second-order valence-electron chi connectivity index (χ2n) is 4.59. The van der Waals surface area contributed by atoms with E-state index >= 15 is 0 Å². The summed E-state index contributed by atoms with van der Waals surface area (Å²) in [4.78, 5) is 15.8. The number of rotatable bonds is 5. The van der Waals surface area contributed by atoms with E-state index in [-0.39, 0.29) is 5.91 Å². The zero-order valence-corrected chi connectivity index (χ0v) is 11.1. The summed E-state index contributed by atoms with van der Waals surface area (Å²) in [7, 11) is 0. The third-order valence-electron chi connectivity index (χ3n) is 3.19. The largest absolute Gasteiger partial charge is 0.368 e. The molecule has 0 radical (unpaired) electrons. The van der Waals surface area contributed by atoms with Crippen molar-refractivity contribution in [2.45, 2.75) is 32.6 Å². The second kappa shape index (κ2) is 6.19. The average Bonchev–Trinajstić information content (AvgIpc) is 2.85. The van der Waals surface area contributed by atoms with Gasteiger partial charge in [-0.1, -0.05) is 0 Å². The van der Waals surface area contributed by atoms with Gasteiger partial charge < -0.3 is 10.6 Å². The molecule has 0 saturated carbocycles. The van der Waals surface area contributed by atoms with Gasteiger partial charge in [0.05, 0.1) is 5.56 Å². The summed E-state index contributed by atoms with van der Waals surface area (Å²) in [5.41, 5.74) is 2.84. The van der Waals surface area contributed by atoms with Crippen LogP contribution in [0.2, 0.25) is 0 Å². The topological polar surface area (TPSA) is 77.8 Å². The molecular weight excluding hydrogens is 240 g/mol. The van der Waals surface area contributed by atoms with E-state index in [1.165, 1.54) is 5.56 Å². The molecule has 1 amide bonds. The van der Waals surface area contributed by atoms with Crippen LogP contribution < -0.4 is 10.6 Å². The molecule has 0 spiro atoms. The molecular formula is C14H18N4O. The first-order valence-corrected chi connectivity index (χ1v) is 6.68. The van der Waals surface area contributed by atoms with Crippen LogP contribution in [0, 0.1) is 11.3 Å². The van der Waals surface area contributed by atoms with Gasteiger partial charge in [-0.3, -0.25) is 4.79 Å². The van der Waals surface area contributed by atoms with Gasteiger partial charge in [-0.2, -0.15) is 5.26 Å². The Balaban J connectivity index is 2.00. The number of hydrogen-bond acceptors (Lipinski definition) is 4. The van der Waals surface area contributed by atoms with Crippen LogP contribution in [-0.4, -0.2) is 24.0 Å². The Morgan fingerprint density at radius 2 is 2.37 bits per heavy atom. The van der Waals surface area contributed by atoms with E-state index in [4.69, 9.17) is 5.26 Å². The third-order valence-corrected chi connectivity index (χ3v) is 3.19. The molecule has 2 N–H and O–H groups in total. The molecule has 1 aliphatic carbocycles. The van der Waals surface area contributed by atoms with Gasteiger partial charge in [-0.25, -0.2) is 4.98 Å². The first-order chi connectivity index (χ1) is 9.24. The lowest BCUT2D eigenvalue weighted by atomic mass is 10.1. The number of aryl methyl sites for hydroxylation is 2. The van der Waals surface area contributed by atoms with Gasteiger partial charge in [-0.05, 0) is 37.8 Å². The quantitative estimate of drug-likeness (QED) is 0.836. The summed E-state index contributed by atoms with van der Waals surface area (Å²) < 4.78 is 0. The number of nitriles is 1. The molecule has 19 heavy (non-hydrogen) atoms. The summed E-state index contributed by atoms with van der Waals surface area (Å²) >= 11 is 0. The van der Waals surface area contributed by atoms with Crippen LogP contribution in [0.3, 0.4) is 0 Å². The van der Waals surface area contributed by atoms with Crippen LogP contribution >= 0.6 is 0 Å². The monoisotopic (exact) mass is 258 g/mol. The Morgan fingerprint density at radius 1 is 1.53 bits per heavy atom. The molecule has 0 aromatic carbocycles. The zero-order valence-electron chi connectivity index (χ0n) is 11.1. The van der Waals surface area contributed by atoms with E-state index < -0.39 is 0 Å². The standard InChI is InChI=1S/C14H18N4O/c1-2-16-13(19)6-7-17-14-11(9-15)8-10-4-3-5-12(10)18-14/h8H,2-7H2,1H3,(H,16,19)(H,17,18). The molecule has 0 fully saturated rings. The minimum Gasteiger partial charge on any atom is -0.368 e. The molecule has 0 unspecified atom stereocenters. The Bertz CT molecular complexity index is 519. The van der Waals surface area contributed by atoms with Crippen LogP contribution in [0.1, 0.15) is 36.6 Å². The van der Waals surface area contributed by atoms with Crippen LogP contribution in [0.4, 0.5) is 5.82 Å². The van der Waals surface area contributed by atoms with Gasteiger partial charge in [0.25, 0.3) is 0 Å². The molecule has 0 saturated heterocycles. The summed E-state index contributed by atoms with van der Waals surface area (Å²) in [5.74, 6) is 0.613. The highest BCUT2D eigenvalue weighted by molar-refractivity contribution is 5.76. The fourth-order valence-corrected chi connectivity index (χ4v) is 2.27. The maximum Gasteiger partial charge on any atom is 0.221 e. The molecule has 100 valence electrons. The molecule has 0 bridgehead atoms. The van der Waals surface area contributed by atoms with E-state index in [0.29, 0.717) is 30.9 Å². The summed E-state index contributed by atoms with van der Waals surface area (Å²) in [6, 6.07) is 4.08. The minimum absolute atomic E-state index is 0.00895. The Morgan fingerprint density at radius 3 is 3.11 bits per heavy atom. The van der Waals surface area contributed by atoms with E-state index in [9.17, 15) is 4.79 Å². The van der Waals surface area contributed by atoms with Crippen molar-refractivity contribution in [3.05, 3.63) is 22.9 Å². The molecule has 0 atom stereocenters. The molecule has 5 nitrogen and oxygen atoms in total. The first kappa shape index (κ1) is 13.3. The van der Waals surface area contributed by atoms with Crippen molar-refractivity contribution in [3.8, 4) is 6.07 Å². The number of carbonyl (C=O) groups excluding carboxylic acids is 1. The molecule has 1 heterocycles. The maximum absolute atomic E-state index is 11.3. The van der Waals surface area contributed by atoms with Gasteiger partial charge in [0.2, 0.25) is 5.91 Å². The molecule has 1 aromatic heterocycles. The van der Waals surface area contributed by atoms with Crippen molar-refractivity contribution < 1.29 is 4.79 Å². The number of anilines is 1. The maximum atomic E-state index is 11.3. The number of carbonyl (C=O) groups is 1. The number of nitrogens with one attached hydrogen (secondary N) is 2. The fraction of sp³-hybridized carbons (Fsp3) is 0.500. The second-order valence-corrected chi connectivity index (χ2v) is 4.59. The lowest BCUT2D eigenvalue weighted by molar-refractivity contribution is -0.120. The number of fused-ring (bicyclic) bond motifs is 1. The molecule has 5 heteroatoms. The van der Waals surface area contributed by atoms with Gasteiger partial charge in [-0.15, -0.1) is 0 Å². The number of pyridine rings is 1. The number of aromatic nitrogens is 1. The third kappa shape index (κ3) is 3.22. The van der Waals surface area contributed by atoms with Gasteiger partial charge >= 0.3 is 0 Å². The highest BCUT2D eigenvalue weighted by Crippen LogP contribution is 2.24. The van der Waals surface area contributed by atoms with Gasteiger partial charge in [0, 0.05) is 25.2 Å². The van der Waals surface area contributed by atoms with Crippen LogP contribution in [-0.2, 0) is 17.6 Å². The average molecular weight is 258 g/mol. The van der Waals surface area contributed by atoms with Gasteiger partial charge in [0.15, 0.2) is 0 Å². The van der Waals surface area contributed by atoms with E-state index in [1.54, 1.807) is 0 Å². The van der Waals surface area contributed by atoms with Crippen LogP contribution in [0.15, 0.2) is 6.07 Å². The van der Waals surface area contributed by atoms with Crippen molar-refractivity contribution in [3.63, 3.8) is 0 Å². The minimum atomic E-state index is 0.00895. The van der Waals surface area contributed by atoms with E-state index in [1.807, 2.05) is 13.0 Å². The Labute approximate surface area is 113 Å². The van der Waals surface area contributed by atoms with Crippen molar-refractivity contribution in [2.24, 2.45) is 0 Å². The molecule has 2 rings (SSSR count). The zero-order chi connectivity index (χ0) is 13.7. The van der Waals surface area contributed by atoms with Crippen molar-refractivity contribution in [1.82, 2.24) is 10.3 Å². The molecule has 1 aromatic rings. The predicted octanol–water partition coefficient (Wildman–Crippen LogP) is 1.38. The fourth-order valence-electron chi connectivity index (χ4n) is 2.27. The van der Waals surface area contributed by atoms with E-state index in [2.05, 4.69) is 21.7 Å². The summed E-state index contributed by atoms with van der Waals surface area (Å²) in [6.45, 7) is 3.02. The predicted molar refractivity (Wildman–Crippen MR) is 72.8 cm³/mol. The van der Waals surface area contributed by atoms with E-state index in [0.717, 1.165) is 25.0 Å². The Hall–Kier alpha value is -2.09. The summed E-state index contributed by atoms with van der Waals surface area (Å²) in [5, 5.41) is 15.0. The molecule has 1 aliphatic rings. The lowest BCUT2D eigenvalue weighted by Crippen LogP contribution is -2.25. The summed E-state index contributed by atoms with van der Waals surface area (Å²) in [6.07, 6.45) is 3.48. The normalized spacial score (nSPS) is 12.6. The van der Waals surface area contributed by atoms with Crippen LogP contribution in [0.25, 0.3) is 0 Å². The highest BCUT2D eigenvalue weighted by atomic mass is 16.1. The van der Waals surface area contributed by atoms with Crippen molar-refractivity contribution in [2.75, 3.05) is 18.4 Å². The number of amides is 1. The smallest absolute Gasteiger partial charge is 0.221 e. The van der Waals surface area contributed by atoms with Crippen LogP contribution in [0.5, 0.6) is 0 Å². The highest BCUT2D eigenvalue weighted by Gasteiger charge is 2.16. The SMILES string of the molecule is CCNC(=O)CCNc1nc2c(cc1C#N)CCC2. The lowest BCUT2D eigenvalue weighted by Gasteiger charge is -2.09.